The van der Waals surface area contributed by atoms with Gasteiger partial charge in [0.15, 0.2) is 17.3 Å². The van der Waals surface area contributed by atoms with Gasteiger partial charge in [0, 0.05) is 37.5 Å². The van der Waals surface area contributed by atoms with Crippen molar-refractivity contribution in [1.29, 1.82) is 0 Å². The largest absolute Gasteiger partial charge is 0.490 e. The monoisotopic (exact) mass is 376 g/mol. The van der Waals surface area contributed by atoms with E-state index in [9.17, 15) is 9.59 Å². The molecule has 27 heavy (non-hydrogen) atoms. The summed E-state index contributed by atoms with van der Waals surface area (Å²) in [5, 5.41) is 0. The van der Waals surface area contributed by atoms with Crippen LogP contribution in [0.3, 0.4) is 0 Å². The van der Waals surface area contributed by atoms with Gasteiger partial charge in [0.2, 0.25) is 5.91 Å². The zero-order chi connectivity index (χ0) is 19.6. The van der Waals surface area contributed by atoms with Crippen LogP contribution in [-0.4, -0.2) is 48.9 Å². The zero-order valence-corrected chi connectivity index (χ0v) is 16.5. The molecule has 2 rings (SSSR count). The molecule has 1 amide bonds. The minimum absolute atomic E-state index is 0.0283. The van der Waals surface area contributed by atoms with E-state index in [-0.39, 0.29) is 30.6 Å². The van der Waals surface area contributed by atoms with Crippen molar-refractivity contribution in [2.24, 2.45) is 5.73 Å². The molecule has 0 unspecified atom stereocenters. The summed E-state index contributed by atoms with van der Waals surface area (Å²) in [6, 6.07) is 5.44. The predicted octanol–water partition coefficient (Wildman–Crippen LogP) is 3.18. The van der Waals surface area contributed by atoms with Crippen molar-refractivity contribution < 1.29 is 19.1 Å². The van der Waals surface area contributed by atoms with Crippen LogP contribution in [-0.2, 0) is 4.79 Å². The fraction of sp³-hybridized carbons (Fsp3) is 0.619. The lowest BCUT2D eigenvalue weighted by atomic mass is 10.0. The van der Waals surface area contributed by atoms with Gasteiger partial charge in [-0.25, -0.2) is 0 Å². The summed E-state index contributed by atoms with van der Waals surface area (Å²) in [5.41, 5.74) is 6.43. The van der Waals surface area contributed by atoms with Crippen molar-refractivity contribution in [1.82, 2.24) is 4.90 Å². The predicted molar refractivity (Wildman–Crippen MR) is 105 cm³/mol. The van der Waals surface area contributed by atoms with E-state index in [0.29, 0.717) is 43.4 Å². The van der Waals surface area contributed by atoms with Crippen LogP contribution in [0.2, 0.25) is 0 Å². The highest BCUT2D eigenvalue weighted by Crippen LogP contribution is 2.29. The Hall–Kier alpha value is -2.08. The Bertz CT molecular complexity index is 625. The van der Waals surface area contributed by atoms with Gasteiger partial charge >= 0.3 is 0 Å². The Morgan fingerprint density at radius 2 is 1.67 bits per heavy atom. The molecule has 1 fully saturated rings. The topological polar surface area (TPSA) is 81.9 Å². The first-order valence-electron chi connectivity index (χ1n) is 10.0. The summed E-state index contributed by atoms with van der Waals surface area (Å²) in [7, 11) is 0. The molecule has 1 aliphatic rings. The number of carbonyl (C=O) groups excluding carboxylic acids is 2. The summed E-state index contributed by atoms with van der Waals surface area (Å²) >= 11 is 0. The third kappa shape index (κ3) is 6.54. The Morgan fingerprint density at radius 3 is 2.30 bits per heavy atom. The molecule has 0 aliphatic carbocycles. The first-order valence-corrected chi connectivity index (χ1v) is 10.0. The average Bonchev–Trinajstić information content (AvgIpc) is 2.69. The average molecular weight is 376 g/mol. The van der Waals surface area contributed by atoms with E-state index < -0.39 is 0 Å². The number of ether oxygens (including phenoxy) is 2. The second kappa shape index (κ2) is 10.9. The van der Waals surface area contributed by atoms with Gasteiger partial charge in [0.05, 0.1) is 13.2 Å². The maximum Gasteiger partial charge on any atom is 0.223 e. The highest BCUT2D eigenvalue weighted by molar-refractivity contribution is 5.98. The molecule has 1 saturated heterocycles. The summed E-state index contributed by atoms with van der Waals surface area (Å²) in [6.07, 6.45) is 3.86. The third-order valence-electron chi connectivity index (χ3n) is 4.65. The number of ketones is 1. The number of carbonyl (C=O) groups is 2. The molecule has 0 aromatic heterocycles. The van der Waals surface area contributed by atoms with Crippen LogP contribution < -0.4 is 15.2 Å². The molecular formula is C21H32N2O4. The maximum atomic E-state index is 12.5. The number of piperidine rings is 1. The Kier molecular flexibility index (Phi) is 8.58. The Labute approximate surface area is 162 Å². The second-order valence-electron chi connectivity index (χ2n) is 7.00. The number of hydrogen-bond donors (Lipinski definition) is 1. The lowest BCUT2D eigenvalue weighted by Crippen LogP contribution is -2.42. The van der Waals surface area contributed by atoms with Crippen LogP contribution in [0.5, 0.6) is 11.5 Å². The number of hydrogen-bond acceptors (Lipinski definition) is 5. The highest BCUT2D eigenvalue weighted by atomic mass is 16.5. The molecule has 1 aliphatic heterocycles. The number of nitrogens with zero attached hydrogens (tertiary/aromatic N) is 1. The van der Waals surface area contributed by atoms with E-state index in [1.165, 1.54) is 0 Å². The minimum Gasteiger partial charge on any atom is -0.490 e. The van der Waals surface area contributed by atoms with Gasteiger partial charge in [0.1, 0.15) is 0 Å². The number of rotatable bonds is 10. The normalized spacial score (nSPS) is 14.9. The van der Waals surface area contributed by atoms with Gasteiger partial charge in [-0.3, -0.25) is 9.59 Å². The fourth-order valence-electron chi connectivity index (χ4n) is 3.01. The van der Waals surface area contributed by atoms with Gasteiger partial charge in [-0.05, 0) is 43.9 Å². The molecule has 2 N–H and O–H groups in total. The number of amides is 1. The number of benzene rings is 1. The number of nitrogens with two attached hydrogens (primary N) is 1. The van der Waals surface area contributed by atoms with Gasteiger partial charge in [-0.2, -0.15) is 0 Å². The van der Waals surface area contributed by atoms with Gasteiger partial charge < -0.3 is 20.1 Å². The van der Waals surface area contributed by atoms with E-state index in [1.54, 1.807) is 18.2 Å². The van der Waals surface area contributed by atoms with E-state index in [1.807, 2.05) is 18.7 Å². The molecule has 1 heterocycles. The SMILES string of the molecule is CCCOc1ccc(C(=O)CCC(=O)N2CCC(N)CC2)cc1OCCC. The van der Waals surface area contributed by atoms with Crippen LogP contribution in [0.25, 0.3) is 0 Å². The molecule has 6 nitrogen and oxygen atoms in total. The van der Waals surface area contributed by atoms with E-state index in [0.717, 1.165) is 25.7 Å². The summed E-state index contributed by atoms with van der Waals surface area (Å²) in [4.78, 5) is 26.7. The molecule has 1 aromatic rings. The number of Topliss-reactive ketones (excluding diaryl/α,β-unsaturated/α-hetero) is 1. The Balaban J connectivity index is 1.95. The van der Waals surface area contributed by atoms with Crippen molar-refractivity contribution >= 4 is 11.7 Å². The first kappa shape index (κ1) is 21.2. The molecular weight excluding hydrogens is 344 g/mol. The molecule has 0 atom stereocenters. The third-order valence-corrected chi connectivity index (χ3v) is 4.65. The van der Waals surface area contributed by atoms with Gasteiger partial charge in [-0.15, -0.1) is 0 Å². The quantitative estimate of drug-likeness (QED) is 0.634. The van der Waals surface area contributed by atoms with Crippen LogP contribution in [0.15, 0.2) is 18.2 Å². The van der Waals surface area contributed by atoms with Gasteiger partial charge in [0.25, 0.3) is 0 Å². The van der Waals surface area contributed by atoms with Crippen LogP contribution in [0, 0.1) is 0 Å². The molecule has 0 spiro atoms. The summed E-state index contributed by atoms with van der Waals surface area (Å²) in [5.74, 6) is 1.22. The second-order valence-corrected chi connectivity index (χ2v) is 7.00. The van der Waals surface area contributed by atoms with Crippen LogP contribution >= 0.6 is 0 Å². The standard InChI is InChI=1S/C21H32N2O4/c1-3-13-26-19-7-5-16(15-20(19)27-14-4-2)18(24)6-8-21(25)23-11-9-17(22)10-12-23/h5,7,15,17H,3-4,6,8-14,22H2,1-2H3. The minimum atomic E-state index is -0.0551. The lowest BCUT2D eigenvalue weighted by molar-refractivity contribution is -0.132. The van der Waals surface area contributed by atoms with Crippen molar-refractivity contribution in [2.45, 2.75) is 58.4 Å². The molecule has 6 heteroatoms. The fourth-order valence-corrected chi connectivity index (χ4v) is 3.01. The van der Waals surface area contributed by atoms with E-state index in [2.05, 4.69) is 0 Å². The van der Waals surface area contributed by atoms with E-state index >= 15 is 0 Å². The smallest absolute Gasteiger partial charge is 0.223 e. The highest BCUT2D eigenvalue weighted by Gasteiger charge is 2.21. The maximum absolute atomic E-state index is 12.5. The van der Waals surface area contributed by atoms with Crippen LogP contribution in [0.4, 0.5) is 0 Å². The van der Waals surface area contributed by atoms with Crippen LogP contribution in [0.1, 0.15) is 62.7 Å². The molecule has 0 saturated carbocycles. The first-order chi connectivity index (χ1) is 13.0. The zero-order valence-electron chi connectivity index (χ0n) is 16.5. The van der Waals surface area contributed by atoms with Gasteiger partial charge in [-0.1, -0.05) is 13.8 Å². The van der Waals surface area contributed by atoms with Crippen molar-refractivity contribution in [2.75, 3.05) is 26.3 Å². The lowest BCUT2D eigenvalue weighted by Gasteiger charge is -2.30. The van der Waals surface area contributed by atoms with Crippen molar-refractivity contribution in [3.05, 3.63) is 23.8 Å². The van der Waals surface area contributed by atoms with E-state index in [4.69, 9.17) is 15.2 Å². The van der Waals surface area contributed by atoms with Crippen molar-refractivity contribution in [3.8, 4) is 11.5 Å². The van der Waals surface area contributed by atoms with Crippen molar-refractivity contribution in [3.63, 3.8) is 0 Å². The molecule has 1 aromatic carbocycles. The summed E-state index contributed by atoms with van der Waals surface area (Å²) in [6.45, 7) is 6.61. The Morgan fingerprint density at radius 1 is 1.04 bits per heavy atom. The number of likely N-dealkylation sites (tertiary alicyclic amines) is 1. The molecule has 150 valence electrons. The molecule has 0 radical (unpaired) electrons. The summed E-state index contributed by atoms with van der Waals surface area (Å²) < 4.78 is 11.4. The molecule has 0 bridgehead atoms.